The van der Waals surface area contributed by atoms with Gasteiger partial charge in [-0.15, -0.1) is 0 Å². The Hall–Kier alpha value is -7.30. The standard InChI is InChI=1S/C53H33N3O/c1-53(2)42-24-11-9-21-39(42)47-48(41-23-13-22-38-35-19-10-12-25-44(35)57-50(38)41)54-52(55-51(47)53)56-43-29-28-37-34-18-6-5-16-32(34)33-17-7-8-20-36(33)45(37)46(43)40-27-26-30-14-3-4-15-31(30)49(40)56/h3-29H,1-2H3. The maximum absolute atomic E-state index is 6.72. The zero-order valence-corrected chi connectivity index (χ0v) is 31.3. The lowest BCUT2D eigenvalue weighted by Crippen LogP contribution is -2.18. The molecule has 0 N–H and O–H groups in total. The third-order valence-electron chi connectivity index (χ3n) is 12.7. The second-order valence-corrected chi connectivity index (χ2v) is 16.0. The second-order valence-electron chi connectivity index (χ2n) is 16.0. The summed E-state index contributed by atoms with van der Waals surface area (Å²) in [5.41, 5.74) is 9.87. The Morgan fingerprint density at radius 1 is 0.474 bits per heavy atom. The summed E-state index contributed by atoms with van der Waals surface area (Å²) in [6.45, 7) is 4.60. The quantitative estimate of drug-likeness (QED) is 0.167. The van der Waals surface area contributed by atoms with Gasteiger partial charge in [-0.3, -0.25) is 4.57 Å². The summed E-state index contributed by atoms with van der Waals surface area (Å²) >= 11 is 0. The maximum atomic E-state index is 6.72. The Morgan fingerprint density at radius 3 is 1.91 bits per heavy atom. The molecule has 4 heteroatoms. The van der Waals surface area contributed by atoms with E-state index in [1.54, 1.807) is 0 Å². The molecule has 0 saturated heterocycles. The average Bonchev–Trinajstić information content (AvgIpc) is 3.89. The van der Waals surface area contributed by atoms with Crippen LogP contribution < -0.4 is 0 Å². The Labute approximate surface area is 327 Å². The van der Waals surface area contributed by atoms with E-state index in [9.17, 15) is 0 Å². The van der Waals surface area contributed by atoms with Gasteiger partial charge in [-0.2, -0.15) is 0 Å². The largest absolute Gasteiger partial charge is 0.455 e. The van der Waals surface area contributed by atoms with Gasteiger partial charge in [0, 0.05) is 48.9 Å². The van der Waals surface area contributed by atoms with Crippen molar-refractivity contribution in [2.75, 3.05) is 0 Å². The Balaban J connectivity index is 1.24. The second kappa shape index (κ2) is 10.9. The molecule has 0 saturated carbocycles. The van der Waals surface area contributed by atoms with Gasteiger partial charge in [0.25, 0.3) is 0 Å². The molecule has 1 aliphatic carbocycles. The van der Waals surface area contributed by atoms with Gasteiger partial charge in [0.15, 0.2) is 0 Å². The number of hydrogen-bond acceptors (Lipinski definition) is 3. The molecule has 57 heavy (non-hydrogen) atoms. The predicted molar refractivity (Wildman–Crippen MR) is 237 cm³/mol. The van der Waals surface area contributed by atoms with E-state index in [4.69, 9.17) is 14.4 Å². The molecule has 0 atom stereocenters. The van der Waals surface area contributed by atoms with Crippen LogP contribution in [0.1, 0.15) is 25.1 Å². The normalized spacial score (nSPS) is 13.6. The van der Waals surface area contributed by atoms with Gasteiger partial charge in [-0.1, -0.05) is 159 Å². The molecule has 0 radical (unpaired) electrons. The molecule has 13 rings (SSSR count). The Bertz CT molecular complexity index is 3700. The highest BCUT2D eigenvalue weighted by Gasteiger charge is 2.40. The van der Waals surface area contributed by atoms with Crippen LogP contribution in [0.2, 0.25) is 0 Å². The van der Waals surface area contributed by atoms with Crippen molar-refractivity contribution < 1.29 is 4.42 Å². The van der Waals surface area contributed by atoms with Gasteiger partial charge in [0.05, 0.1) is 22.4 Å². The number of hydrogen-bond donors (Lipinski definition) is 0. The maximum Gasteiger partial charge on any atom is 0.235 e. The molecule has 0 unspecified atom stereocenters. The lowest BCUT2D eigenvalue weighted by molar-refractivity contribution is 0.632. The molecule has 266 valence electrons. The minimum absolute atomic E-state index is 0.372. The first-order chi connectivity index (χ1) is 28.1. The molecule has 4 nitrogen and oxygen atoms in total. The van der Waals surface area contributed by atoms with Crippen LogP contribution >= 0.6 is 0 Å². The fourth-order valence-electron chi connectivity index (χ4n) is 10.2. The summed E-state index contributed by atoms with van der Waals surface area (Å²) in [6.07, 6.45) is 0. The highest BCUT2D eigenvalue weighted by Crippen LogP contribution is 2.53. The van der Waals surface area contributed by atoms with Gasteiger partial charge in [-0.05, 0) is 61.6 Å². The lowest BCUT2D eigenvalue weighted by Gasteiger charge is -2.21. The molecule has 0 aliphatic heterocycles. The molecule has 9 aromatic carbocycles. The molecule has 0 amide bonds. The summed E-state index contributed by atoms with van der Waals surface area (Å²) in [5, 5.41) is 14.4. The Morgan fingerprint density at radius 2 is 1.09 bits per heavy atom. The number of nitrogens with zero attached hydrogens (tertiary/aromatic N) is 3. The van der Waals surface area contributed by atoms with Gasteiger partial charge in [0.1, 0.15) is 11.2 Å². The van der Waals surface area contributed by atoms with E-state index in [0.29, 0.717) is 5.95 Å². The van der Waals surface area contributed by atoms with Crippen molar-refractivity contribution in [2.24, 2.45) is 0 Å². The smallest absolute Gasteiger partial charge is 0.235 e. The molecular formula is C53H33N3O. The zero-order chi connectivity index (χ0) is 37.6. The third kappa shape index (κ3) is 3.96. The first kappa shape index (κ1) is 31.0. The van der Waals surface area contributed by atoms with Crippen molar-refractivity contribution in [2.45, 2.75) is 19.3 Å². The molecule has 3 aromatic heterocycles. The molecule has 1 aliphatic rings. The van der Waals surface area contributed by atoms with Crippen molar-refractivity contribution in [1.29, 1.82) is 0 Å². The fourth-order valence-corrected chi connectivity index (χ4v) is 10.2. The van der Waals surface area contributed by atoms with Gasteiger partial charge < -0.3 is 4.42 Å². The fraction of sp³-hybridized carbons (Fsp3) is 0.0566. The first-order valence-electron chi connectivity index (χ1n) is 19.7. The summed E-state index contributed by atoms with van der Waals surface area (Å²) in [7, 11) is 0. The van der Waals surface area contributed by atoms with Crippen molar-refractivity contribution in [3.63, 3.8) is 0 Å². The van der Waals surface area contributed by atoms with Crippen LogP contribution in [0, 0.1) is 0 Å². The van der Waals surface area contributed by atoms with Crippen molar-refractivity contribution in [3.8, 4) is 28.3 Å². The molecule has 0 fully saturated rings. The number of furan rings is 1. The molecule has 3 heterocycles. The van der Waals surface area contributed by atoms with Gasteiger partial charge in [-0.25, -0.2) is 9.97 Å². The summed E-state index contributed by atoms with van der Waals surface area (Å²) in [5.74, 6) is 0.651. The highest BCUT2D eigenvalue weighted by molar-refractivity contribution is 6.36. The van der Waals surface area contributed by atoms with Crippen LogP contribution in [0.3, 0.4) is 0 Å². The number of rotatable bonds is 2. The first-order valence-corrected chi connectivity index (χ1v) is 19.7. The van der Waals surface area contributed by atoms with E-state index in [0.717, 1.165) is 60.9 Å². The summed E-state index contributed by atoms with van der Waals surface area (Å²) < 4.78 is 9.07. The van der Waals surface area contributed by atoms with Crippen LogP contribution in [-0.4, -0.2) is 14.5 Å². The van der Waals surface area contributed by atoms with E-state index >= 15 is 0 Å². The minimum atomic E-state index is -0.372. The van der Waals surface area contributed by atoms with Crippen molar-refractivity contribution >= 4 is 86.8 Å². The van der Waals surface area contributed by atoms with Crippen molar-refractivity contribution in [3.05, 3.63) is 175 Å². The monoisotopic (exact) mass is 727 g/mol. The van der Waals surface area contributed by atoms with E-state index in [1.807, 2.05) is 12.1 Å². The lowest BCUT2D eigenvalue weighted by atomic mass is 9.85. The van der Waals surface area contributed by atoms with E-state index in [2.05, 4.69) is 170 Å². The number of fused-ring (bicyclic) bond motifs is 18. The van der Waals surface area contributed by atoms with E-state index < -0.39 is 0 Å². The Kier molecular flexibility index (Phi) is 5.94. The van der Waals surface area contributed by atoms with Crippen LogP contribution in [-0.2, 0) is 5.41 Å². The molecule has 12 aromatic rings. The topological polar surface area (TPSA) is 43.9 Å². The number of para-hydroxylation sites is 2. The van der Waals surface area contributed by atoms with Gasteiger partial charge >= 0.3 is 0 Å². The predicted octanol–water partition coefficient (Wildman–Crippen LogP) is 14.1. The van der Waals surface area contributed by atoms with Crippen LogP contribution in [0.5, 0.6) is 0 Å². The SMILES string of the molecule is CC1(C)c2ccccc2-c2c(-c3cccc4c3oc3ccccc34)nc(-n3c4ccc5c6ccccc6c6ccccc6c5c4c4ccc5ccccc5c43)nc21. The number of benzene rings is 9. The average molecular weight is 728 g/mol. The summed E-state index contributed by atoms with van der Waals surface area (Å²) in [4.78, 5) is 11.4. The van der Waals surface area contributed by atoms with Crippen molar-refractivity contribution in [1.82, 2.24) is 14.5 Å². The van der Waals surface area contributed by atoms with Crippen LogP contribution in [0.25, 0.3) is 115 Å². The molecule has 0 spiro atoms. The van der Waals surface area contributed by atoms with Gasteiger partial charge in [0.2, 0.25) is 5.95 Å². The van der Waals surface area contributed by atoms with Crippen LogP contribution in [0.4, 0.5) is 0 Å². The van der Waals surface area contributed by atoms with Crippen LogP contribution in [0.15, 0.2) is 168 Å². The number of aromatic nitrogens is 3. The van der Waals surface area contributed by atoms with E-state index in [-0.39, 0.29) is 5.41 Å². The molecular weight excluding hydrogens is 695 g/mol. The summed E-state index contributed by atoms with van der Waals surface area (Å²) in [6, 6.07) is 59.0. The zero-order valence-electron chi connectivity index (χ0n) is 31.3. The van der Waals surface area contributed by atoms with E-state index in [1.165, 1.54) is 59.6 Å². The highest BCUT2D eigenvalue weighted by atomic mass is 16.3. The minimum Gasteiger partial charge on any atom is -0.455 e. The molecule has 0 bridgehead atoms. The third-order valence-corrected chi connectivity index (χ3v) is 12.7.